The van der Waals surface area contributed by atoms with Gasteiger partial charge in [0.15, 0.2) is 0 Å². The van der Waals surface area contributed by atoms with E-state index in [0.29, 0.717) is 6.04 Å². The first-order valence-electron chi connectivity index (χ1n) is 8.03. The highest BCUT2D eigenvalue weighted by Gasteiger charge is 2.30. The second kappa shape index (κ2) is 6.38. The maximum absolute atomic E-state index is 3.65. The van der Waals surface area contributed by atoms with E-state index in [9.17, 15) is 0 Å². The van der Waals surface area contributed by atoms with Gasteiger partial charge in [-0.1, -0.05) is 20.8 Å². The van der Waals surface area contributed by atoms with Crippen LogP contribution in [0.2, 0.25) is 0 Å². The SMILES string of the molecule is CC1CNC(C)CCN(C2CCC(C)C(C)C2)C1. The summed E-state index contributed by atoms with van der Waals surface area (Å²) in [6.45, 7) is 13.4. The Morgan fingerprint density at radius 1 is 0.944 bits per heavy atom. The van der Waals surface area contributed by atoms with Crippen LogP contribution < -0.4 is 5.32 Å². The Morgan fingerprint density at radius 2 is 1.72 bits per heavy atom. The molecule has 0 amide bonds. The van der Waals surface area contributed by atoms with Crippen LogP contribution in [-0.4, -0.2) is 36.6 Å². The molecular weight excluding hydrogens is 220 g/mol. The Bertz CT molecular complexity index is 253. The third kappa shape index (κ3) is 3.71. The molecule has 1 saturated heterocycles. The lowest BCUT2D eigenvalue weighted by atomic mass is 9.78. The number of hydrogen-bond donors (Lipinski definition) is 1. The quantitative estimate of drug-likeness (QED) is 0.771. The summed E-state index contributed by atoms with van der Waals surface area (Å²) in [5, 5.41) is 3.65. The summed E-state index contributed by atoms with van der Waals surface area (Å²) in [7, 11) is 0. The van der Waals surface area contributed by atoms with Gasteiger partial charge in [-0.25, -0.2) is 0 Å². The Labute approximate surface area is 114 Å². The van der Waals surface area contributed by atoms with Gasteiger partial charge in [-0.3, -0.25) is 0 Å². The van der Waals surface area contributed by atoms with Crippen molar-refractivity contribution in [1.82, 2.24) is 10.2 Å². The molecule has 5 atom stereocenters. The van der Waals surface area contributed by atoms with E-state index < -0.39 is 0 Å². The first-order valence-corrected chi connectivity index (χ1v) is 8.03. The smallest absolute Gasteiger partial charge is 0.00981 e. The maximum Gasteiger partial charge on any atom is 0.00981 e. The summed E-state index contributed by atoms with van der Waals surface area (Å²) in [6, 6.07) is 1.55. The normalized spacial score (nSPS) is 44.3. The Kier molecular flexibility index (Phi) is 5.08. The average Bonchev–Trinajstić information content (AvgIpc) is 2.33. The van der Waals surface area contributed by atoms with Crippen LogP contribution in [0.3, 0.4) is 0 Å². The van der Waals surface area contributed by atoms with E-state index in [4.69, 9.17) is 0 Å². The first kappa shape index (κ1) is 14.3. The van der Waals surface area contributed by atoms with E-state index >= 15 is 0 Å². The van der Waals surface area contributed by atoms with Crippen LogP contribution in [0.1, 0.15) is 53.4 Å². The van der Waals surface area contributed by atoms with Crippen molar-refractivity contribution in [2.75, 3.05) is 19.6 Å². The van der Waals surface area contributed by atoms with Crippen LogP contribution in [0.5, 0.6) is 0 Å². The van der Waals surface area contributed by atoms with Gasteiger partial charge < -0.3 is 10.2 Å². The van der Waals surface area contributed by atoms with Crippen LogP contribution in [0, 0.1) is 17.8 Å². The van der Waals surface area contributed by atoms with Gasteiger partial charge in [0.05, 0.1) is 0 Å². The van der Waals surface area contributed by atoms with Crippen LogP contribution in [0.25, 0.3) is 0 Å². The molecule has 1 aliphatic heterocycles. The predicted molar refractivity (Wildman–Crippen MR) is 78.8 cm³/mol. The molecule has 2 fully saturated rings. The highest BCUT2D eigenvalue weighted by molar-refractivity contribution is 4.84. The van der Waals surface area contributed by atoms with Gasteiger partial charge in [0.25, 0.3) is 0 Å². The van der Waals surface area contributed by atoms with E-state index in [0.717, 1.165) is 23.8 Å². The van der Waals surface area contributed by atoms with Crippen molar-refractivity contribution in [2.24, 2.45) is 17.8 Å². The van der Waals surface area contributed by atoms with E-state index in [1.165, 1.54) is 45.3 Å². The van der Waals surface area contributed by atoms with Crippen molar-refractivity contribution in [3.05, 3.63) is 0 Å². The molecule has 0 aromatic rings. The van der Waals surface area contributed by atoms with E-state index in [1.807, 2.05) is 0 Å². The minimum atomic E-state index is 0.690. The highest BCUT2D eigenvalue weighted by atomic mass is 15.2. The maximum atomic E-state index is 3.65. The largest absolute Gasteiger partial charge is 0.314 e. The minimum Gasteiger partial charge on any atom is -0.314 e. The predicted octanol–water partition coefficient (Wildman–Crippen LogP) is 3.13. The van der Waals surface area contributed by atoms with Gasteiger partial charge in [-0.2, -0.15) is 0 Å². The molecular formula is C16H32N2. The average molecular weight is 252 g/mol. The zero-order valence-corrected chi connectivity index (χ0v) is 12.8. The lowest BCUT2D eigenvalue weighted by Crippen LogP contribution is -2.48. The van der Waals surface area contributed by atoms with Gasteiger partial charge >= 0.3 is 0 Å². The molecule has 1 saturated carbocycles. The summed E-state index contributed by atoms with van der Waals surface area (Å²) >= 11 is 0. The molecule has 0 aromatic carbocycles. The number of nitrogens with zero attached hydrogens (tertiary/aromatic N) is 1. The fourth-order valence-electron chi connectivity index (χ4n) is 3.60. The molecule has 5 unspecified atom stereocenters. The molecule has 2 rings (SSSR count). The summed E-state index contributed by atoms with van der Waals surface area (Å²) in [5.74, 6) is 2.65. The molecule has 2 nitrogen and oxygen atoms in total. The van der Waals surface area contributed by atoms with Crippen molar-refractivity contribution in [3.8, 4) is 0 Å². The van der Waals surface area contributed by atoms with Crippen molar-refractivity contribution in [1.29, 1.82) is 0 Å². The van der Waals surface area contributed by atoms with Crippen LogP contribution >= 0.6 is 0 Å². The molecule has 0 bridgehead atoms. The van der Waals surface area contributed by atoms with Gasteiger partial charge in [0.2, 0.25) is 0 Å². The van der Waals surface area contributed by atoms with Crippen LogP contribution in [-0.2, 0) is 0 Å². The molecule has 2 aliphatic rings. The highest BCUT2D eigenvalue weighted by Crippen LogP contribution is 2.32. The third-order valence-corrected chi connectivity index (χ3v) is 5.30. The second-order valence-electron chi connectivity index (χ2n) is 7.12. The van der Waals surface area contributed by atoms with Crippen molar-refractivity contribution < 1.29 is 0 Å². The lowest BCUT2D eigenvalue weighted by molar-refractivity contribution is 0.0850. The van der Waals surface area contributed by atoms with Crippen molar-refractivity contribution in [3.63, 3.8) is 0 Å². The summed E-state index contributed by atoms with van der Waals surface area (Å²) < 4.78 is 0. The standard InChI is InChI=1S/C16H32N2/c1-12-10-17-15(4)7-8-18(11-12)16-6-5-13(2)14(3)9-16/h12-17H,5-11H2,1-4H3. The lowest BCUT2D eigenvalue weighted by Gasteiger charge is -2.42. The van der Waals surface area contributed by atoms with E-state index in [2.05, 4.69) is 37.9 Å². The molecule has 0 radical (unpaired) electrons. The van der Waals surface area contributed by atoms with Gasteiger partial charge in [-0.15, -0.1) is 0 Å². The second-order valence-corrected chi connectivity index (χ2v) is 7.12. The van der Waals surface area contributed by atoms with E-state index in [-0.39, 0.29) is 0 Å². The van der Waals surface area contributed by atoms with Crippen LogP contribution in [0.15, 0.2) is 0 Å². The fourth-order valence-corrected chi connectivity index (χ4v) is 3.60. The van der Waals surface area contributed by atoms with Gasteiger partial charge in [0, 0.05) is 18.6 Å². The third-order valence-electron chi connectivity index (χ3n) is 5.30. The zero-order chi connectivity index (χ0) is 13.1. The van der Waals surface area contributed by atoms with Crippen molar-refractivity contribution in [2.45, 2.75) is 65.5 Å². The Balaban J connectivity index is 1.93. The minimum absolute atomic E-state index is 0.690. The molecule has 106 valence electrons. The number of hydrogen-bond acceptors (Lipinski definition) is 2. The van der Waals surface area contributed by atoms with Gasteiger partial charge in [0.1, 0.15) is 0 Å². The first-order chi connectivity index (χ1) is 8.56. The van der Waals surface area contributed by atoms with Crippen LogP contribution in [0.4, 0.5) is 0 Å². The van der Waals surface area contributed by atoms with Crippen molar-refractivity contribution >= 4 is 0 Å². The summed E-state index contributed by atoms with van der Waals surface area (Å²) in [6.07, 6.45) is 5.60. The molecule has 2 heteroatoms. The van der Waals surface area contributed by atoms with E-state index in [1.54, 1.807) is 0 Å². The summed E-state index contributed by atoms with van der Waals surface area (Å²) in [5.41, 5.74) is 0. The number of nitrogens with one attached hydrogen (secondary N) is 1. The molecule has 1 aliphatic carbocycles. The molecule has 0 aromatic heterocycles. The monoisotopic (exact) mass is 252 g/mol. The summed E-state index contributed by atoms with van der Waals surface area (Å²) in [4.78, 5) is 2.81. The molecule has 0 spiro atoms. The molecule has 18 heavy (non-hydrogen) atoms. The molecule has 1 N–H and O–H groups in total. The number of rotatable bonds is 1. The Morgan fingerprint density at radius 3 is 2.44 bits per heavy atom. The fraction of sp³-hybridized carbons (Fsp3) is 1.00. The topological polar surface area (TPSA) is 15.3 Å². The molecule has 1 heterocycles. The van der Waals surface area contributed by atoms with Gasteiger partial charge in [-0.05, 0) is 63.5 Å². The zero-order valence-electron chi connectivity index (χ0n) is 12.8. The Hall–Kier alpha value is -0.0800.